The van der Waals surface area contributed by atoms with E-state index >= 15 is 0 Å². The van der Waals surface area contributed by atoms with Crippen LogP contribution in [0.2, 0.25) is 0 Å². The summed E-state index contributed by atoms with van der Waals surface area (Å²) >= 11 is 2.00. The van der Waals surface area contributed by atoms with Crippen LogP contribution in [-0.2, 0) is 4.74 Å². The maximum Gasteiger partial charge on any atom is 0.0607 e. The van der Waals surface area contributed by atoms with Crippen molar-refractivity contribution < 1.29 is 4.74 Å². The minimum atomic E-state index is 0.403. The van der Waals surface area contributed by atoms with Gasteiger partial charge in [0, 0.05) is 11.8 Å². The second kappa shape index (κ2) is 7.12. The lowest BCUT2D eigenvalue weighted by Crippen LogP contribution is -2.32. The molecule has 1 fully saturated rings. The molecule has 0 radical (unpaired) electrons. The van der Waals surface area contributed by atoms with Crippen molar-refractivity contribution in [1.29, 1.82) is 0 Å². The van der Waals surface area contributed by atoms with Crippen LogP contribution in [0.3, 0.4) is 0 Å². The third-order valence-corrected chi connectivity index (χ3v) is 5.14. The van der Waals surface area contributed by atoms with E-state index in [4.69, 9.17) is 4.74 Å². The number of hydrogen-bond donors (Lipinski definition) is 1. The average molecular weight is 299 g/mol. The van der Waals surface area contributed by atoms with Crippen molar-refractivity contribution in [3.63, 3.8) is 0 Å². The van der Waals surface area contributed by atoms with Crippen LogP contribution >= 0.6 is 11.8 Å². The molecule has 1 aliphatic heterocycles. The van der Waals surface area contributed by atoms with Crippen LogP contribution in [0.4, 0.5) is 0 Å². The lowest BCUT2D eigenvalue weighted by molar-refractivity contribution is 0.0455. The fourth-order valence-corrected chi connectivity index (χ4v) is 3.64. The van der Waals surface area contributed by atoms with Crippen LogP contribution in [0, 0.1) is 0 Å². The minimum Gasteiger partial charge on any atom is -0.379 e. The number of nitrogens with one attached hydrogen (secondary N) is 1. The van der Waals surface area contributed by atoms with Gasteiger partial charge in [-0.3, -0.25) is 0 Å². The molecule has 0 aliphatic carbocycles. The first-order chi connectivity index (χ1) is 10.4. The maximum atomic E-state index is 5.23. The average Bonchev–Trinajstić information content (AvgIpc) is 2.51. The summed E-state index contributed by atoms with van der Waals surface area (Å²) in [7, 11) is 2.04. The molecule has 21 heavy (non-hydrogen) atoms. The second-order valence-corrected chi connectivity index (χ2v) is 6.66. The molecule has 1 atom stereocenters. The Morgan fingerprint density at radius 1 is 1.05 bits per heavy atom. The van der Waals surface area contributed by atoms with Crippen molar-refractivity contribution in [2.24, 2.45) is 0 Å². The van der Waals surface area contributed by atoms with E-state index in [1.54, 1.807) is 0 Å². The predicted molar refractivity (Wildman–Crippen MR) is 90.7 cm³/mol. The zero-order chi connectivity index (χ0) is 14.5. The third kappa shape index (κ3) is 3.67. The molecule has 2 nitrogen and oxygen atoms in total. The summed E-state index contributed by atoms with van der Waals surface area (Å²) in [5, 5.41) is 4.10. The minimum absolute atomic E-state index is 0.403. The topological polar surface area (TPSA) is 21.3 Å². The lowest BCUT2D eigenvalue weighted by atomic mass is 10.0. The number of hydrogen-bond acceptors (Lipinski definition) is 3. The first kappa shape index (κ1) is 14.6. The normalized spacial score (nSPS) is 16.4. The molecule has 0 aromatic heterocycles. The Kier molecular flexibility index (Phi) is 4.96. The monoisotopic (exact) mass is 299 g/mol. The first-order valence-corrected chi connectivity index (χ1v) is 8.43. The highest BCUT2D eigenvalue weighted by molar-refractivity contribution is 8.00. The van der Waals surface area contributed by atoms with E-state index in [0.717, 1.165) is 19.0 Å². The number of benzene rings is 2. The summed E-state index contributed by atoms with van der Waals surface area (Å²) in [6.07, 6.45) is 0. The van der Waals surface area contributed by atoms with Gasteiger partial charge in [0.1, 0.15) is 0 Å². The second-order valence-electron chi connectivity index (χ2n) is 5.32. The van der Waals surface area contributed by atoms with Gasteiger partial charge in [0.15, 0.2) is 0 Å². The molecule has 1 unspecified atom stereocenters. The van der Waals surface area contributed by atoms with Crippen LogP contribution in [0.25, 0.3) is 11.1 Å². The van der Waals surface area contributed by atoms with Gasteiger partial charge in [-0.2, -0.15) is 11.8 Å². The standard InChI is InChI=1S/C18H21NOS/c1-19-18(13-21-17-11-20-12-17)16-9-7-15(8-10-16)14-5-3-2-4-6-14/h2-10,17-19H,11-13H2,1H3. The van der Waals surface area contributed by atoms with Gasteiger partial charge in [-0.15, -0.1) is 0 Å². The fourth-order valence-electron chi connectivity index (χ4n) is 2.43. The van der Waals surface area contributed by atoms with E-state index in [9.17, 15) is 0 Å². The van der Waals surface area contributed by atoms with Crippen molar-refractivity contribution in [2.45, 2.75) is 11.3 Å². The molecule has 1 heterocycles. The Labute approximate surface area is 130 Å². The van der Waals surface area contributed by atoms with Gasteiger partial charge in [-0.25, -0.2) is 0 Å². The number of ether oxygens (including phenoxy) is 1. The van der Waals surface area contributed by atoms with Gasteiger partial charge in [-0.05, 0) is 23.7 Å². The van der Waals surface area contributed by atoms with E-state index < -0.39 is 0 Å². The molecule has 3 rings (SSSR count). The Balaban J connectivity index is 1.66. The van der Waals surface area contributed by atoms with Crippen LogP contribution in [-0.4, -0.2) is 31.3 Å². The van der Waals surface area contributed by atoms with Crippen molar-refractivity contribution in [1.82, 2.24) is 5.32 Å². The van der Waals surface area contributed by atoms with Crippen LogP contribution < -0.4 is 5.32 Å². The molecule has 1 aliphatic rings. The van der Waals surface area contributed by atoms with Gasteiger partial charge >= 0.3 is 0 Å². The van der Waals surface area contributed by atoms with Crippen LogP contribution in [0.5, 0.6) is 0 Å². The van der Waals surface area contributed by atoms with E-state index in [2.05, 4.69) is 59.9 Å². The fraction of sp³-hybridized carbons (Fsp3) is 0.333. The number of thioether (sulfide) groups is 1. The SMILES string of the molecule is CNC(CSC1COC1)c1ccc(-c2ccccc2)cc1. The largest absolute Gasteiger partial charge is 0.379 e. The van der Waals surface area contributed by atoms with E-state index in [-0.39, 0.29) is 0 Å². The highest BCUT2D eigenvalue weighted by Gasteiger charge is 2.20. The summed E-state index contributed by atoms with van der Waals surface area (Å²) in [6, 6.07) is 19.8. The highest BCUT2D eigenvalue weighted by atomic mass is 32.2. The van der Waals surface area contributed by atoms with E-state index in [1.807, 2.05) is 18.8 Å². The van der Waals surface area contributed by atoms with Crippen molar-refractivity contribution in [3.05, 3.63) is 60.2 Å². The highest BCUT2D eigenvalue weighted by Crippen LogP contribution is 2.27. The molecule has 0 amide bonds. The van der Waals surface area contributed by atoms with Crippen LogP contribution in [0.15, 0.2) is 54.6 Å². The summed E-state index contributed by atoms with van der Waals surface area (Å²) in [5.74, 6) is 1.09. The Hall–Kier alpha value is -1.29. The zero-order valence-corrected chi connectivity index (χ0v) is 13.1. The van der Waals surface area contributed by atoms with Crippen molar-refractivity contribution in [2.75, 3.05) is 26.0 Å². The molecule has 0 spiro atoms. The Morgan fingerprint density at radius 3 is 2.29 bits per heavy atom. The van der Waals surface area contributed by atoms with E-state index in [0.29, 0.717) is 11.3 Å². The summed E-state index contributed by atoms with van der Waals surface area (Å²) in [6.45, 7) is 1.82. The first-order valence-electron chi connectivity index (χ1n) is 7.39. The van der Waals surface area contributed by atoms with Crippen LogP contribution in [0.1, 0.15) is 11.6 Å². The smallest absolute Gasteiger partial charge is 0.0607 e. The summed E-state index contributed by atoms with van der Waals surface area (Å²) in [5.41, 5.74) is 3.89. The van der Waals surface area contributed by atoms with Gasteiger partial charge in [0.05, 0.1) is 18.5 Å². The predicted octanol–water partition coefficient (Wildman–Crippen LogP) is 3.75. The molecule has 2 aromatic rings. The van der Waals surface area contributed by atoms with Crippen molar-refractivity contribution >= 4 is 11.8 Å². The molecule has 0 bridgehead atoms. The van der Waals surface area contributed by atoms with Gasteiger partial charge in [0.2, 0.25) is 0 Å². The molecular formula is C18H21NOS. The van der Waals surface area contributed by atoms with Gasteiger partial charge in [0.25, 0.3) is 0 Å². The summed E-state index contributed by atoms with van der Waals surface area (Å²) in [4.78, 5) is 0. The quantitative estimate of drug-likeness (QED) is 0.878. The Morgan fingerprint density at radius 2 is 1.71 bits per heavy atom. The van der Waals surface area contributed by atoms with Crippen molar-refractivity contribution in [3.8, 4) is 11.1 Å². The molecule has 0 saturated carbocycles. The zero-order valence-electron chi connectivity index (χ0n) is 12.3. The van der Waals surface area contributed by atoms with Gasteiger partial charge < -0.3 is 10.1 Å². The van der Waals surface area contributed by atoms with Gasteiger partial charge in [-0.1, -0.05) is 54.6 Å². The lowest BCUT2D eigenvalue weighted by Gasteiger charge is -2.27. The molecule has 1 saturated heterocycles. The van der Waals surface area contributed by atoms with E-state index in [1.165, 1.54) is 16.7 Å². The third-order valence-electron chi connectivity index (χ3n) is 3.87. The molecule has 2 aromatic carbocycles. The summed E-state index contributed by atoms with van der Waals surface area (Å²) < 4.78 is 5.23. The Bertz CT molecular complexity index is 551. The molecule has 3 heteroatoms. The molecule has 1 N–H and O–H groups in total. The molecular weight excluding hydrogens is 278 g/mol. The number of rotatable bonds is 6. The maximum absolute atomic E-state index is 5.23. The molecule has 110 valence electrons.